The van der Waals surface area contributed by atoms with Gasteiger partial charge in [-0.1, -0.05) is 116 Å². The number of unbranched alkanes of at least 4 members (excludes halogenated alkanes) is 1. The normalized spacial score (nSPS) is 19.8. The van der Waals surface area contributed by atoms with Gasteiger partial charge < -0.3 is 9.80 Å². The lowest BCUT2D eigenvalue weighted by atomic mass is 9.73. The minimum atomic E-state index is -0.160. The number of rotatable bonds is 7. The van der Waals surface area contributed by atoms with Gasteiger partial charge in [0, 0.05) is 30.6 Å². The molecule has 5 aromatic carbocycles. The zero-order valence-corrected chi connectivity index (χ0v) is 23.2. The minimum Gasteiger partial charge on any atom is -0.346 e. The zero-order chi connectivity index (χ0) is 27.1. The first kappa shape index (κ1) is 24.9. The van der Waals surface area contributed by atoms with Gasteiger partial charge in [0.25, 0.3) is 0 Å². The third-order valence-corrected chi connectivity index (χ3v) is 9.30. The van der Waals surface area contributed by atoms with Crippen LogP contribution in [0.2, 0.25) is 0 Å². The number of anilines is 1. The molecule has 2 heterocycles. The molecule has 200 valence electrons. The van der Waals surface area contributed by atoms with Crippen molar-refractivity contribution in [3.8, 4) is 0 Å². The maximum absolute atomic E-state index is 13.8. The van der Waals surface area contributed by atoms with Crippen molar-refractivity contribution in [1.29, 1.82) is 0 Å². The number of carbonyl (C=O) groups is 1. The van der Waals surface area contributed by atoms with Crippen molar-refractivity contribution < 1.29 is 4.79 Å². The van der Waals surface area contributed by atoms with Gasteiger partial charge in [-0.15, -0.1) is 0 Å². The summed E-state index contributed by atoms with van der Waals surface area (Å²) in [5.41, 5.74) is 5.18. The summed E-state index contributed by atoms with van der Waals surface area (Å²) >= 11 is 0. The van der Waals surface area contributed by atoms with Gasteiger partial charge in [-0.05, 0) is 63.6 Å². The summed E-state index contributed by atoms with van der Waals surface area (Å²) < 4.78 is 0. The van der Waals surface area contributed by atoms with Crippen LogP contribution in [0, 0.1) is 0 Å². The molecule has 0 aromatic heterocycles. The van der Waals surface area contributed by atoms with Crippen LogP contribution in [0.5, 0.6) is 0 Å². The minimum absolute atomic E-state index is 0.00723. The Hall–Kier alpha value is -4.11. The lowest BCUT2D eigenvalue weighted by Crippen LogP contribution is -2.52. The summed E-state index contributed by atoms with van der Waals surface area (Å²) in [5.74, 6) is 0.294. The van der Waals surface area contributed by atoms with E-state index in [2.05, 4.69) is 126 Å². The van der Waals surface area contributed by atoms with Crippen molar-refractivity contribution >= 4 is 33.1 Å². The molecular weight excluding hydrogens is 488 g/mol. The summed E-state index contributed by atoms with van der Waals surface area (Å²) in [6.45, 7) is 3.75. The SMILES string of the molecule is CCCCC(=O)N1CCC2(Cc3cccc4ccccc34)c3ccccc3N(Cc3cccc4ccccc34)C12. The fraction of sp³-hybridized carbons (Fsp3) is 0.270. The molecule has 3 heteroatoms. The van der Waals surface area contributed by atoms with Gasteiger partial charge in [0.2, 0.25) is 5.91 Å². The molecule has 5 aromatic rings. The van der Waals surface area contributed by atoms with Gasteiger partial charge in [0.1, 0.15) is 6.17 Å². The Morgan fingerprint density at radius 2 is 1.40 bits per heavy atom. The highest BCUT2D eigenvalue weighted by Gasteiger charge is 2.58. The van der Waals surface area contributed by atoms with Crippen molar-refractivity contribution in [2.45, 2.75) is 57.2 Å². The number of fused-ring (bicyclic) bond motifs is 5. The van der Waals surface area contributed by atoms with Crippen LogP contribution in [0.25, 0.3) is 21.5 Å². The number of carbonyl (C=O) groups excluding carboxylic acids is 1. The molecule has 0 spiro atoms. The number of hydrogen-bond donors (Lipinski definition) is 0. The number of benzene rings is 5. The molecule has 3 nitrogen and oxygen atoms in total. The molecule has 7 rings (SSSR count). The van der Waals surface area contributed by atoms with Gasteiger partial charge in [0.05, 0.1) is 0 Å². The van der Waals surface area contributed by atoms with Gasteiger partial charge in [-0.3, -0.25) is 4.79 Å². The van der Waals surface area contributed by atoms with Crippen molar-refractivity contribution in [1.82, 2.24) is 4.90 Å². The molecule has 2 unspecified atom stereocenters. The average molecular weight is 525 g/mol. The molecule has 0 saturated carbocycles. The summed E-state index contributed by atoms with van der Waals surface area (Å²) in [7, 11) is 0. The van der Waals surface area contributed by atoms with E-state index < -0.39 is 0 Å². The van der Waals surface area contributed by atoms with E-state index in [1.807, 2.05) is 0 Å². The molecular formula is C37H36N2O. The summed E-state index contributed by atoms with van der Waals surface area (Å²) in [6.07, 6.45) is 4.48. The maximum atomic E-state index is 13.8. The monoisotopic (exact) mass is 524 g/mol. The third kappa shape index (κ3) is 3.99. The number of amides is 1. The quantitative estimate of drug-likeness (QED) is 0.214. The standard InChI is InChI=1S/C37H36N2O/c1-2-3-22-35(40)38-24-23-37(25-29-16-10-14-27-12-4-6-18-31(27)29)33-20-8-9-21-34(33)39(36(37)38)26-30-17-11-15-28-13-5-7-19-32(28)30/h4-21,36H,2-3,22-26H2,1H3. The van der Waals surface area contributed by atoms with Crippen LogP contribution >= 0.6 is 0 Å². The van der Waals surface area contributed by atoms with Crippen LogP contribution in [-0.4, -0.2) is 23.5 Å². The Morgan fingerprint density at radius 1 is 0.775 bits per heavy atom. The second-order valence-electron chi connectivity index (χ2n) is 11.6. The Kier molecular flexibility index (Phi) is 6.31. The summed E-state index contributed by atoms with van der Waals surface area (Å²) in [5, 5.41) is 5.15. The molecule has 0 aliphatic carbocycles. The molecule has 40 heavy (non-hydrogen) atoms. The van der Waals surface area contributed by atoms with E-state index in [0.717, 1.165) is 38.8 Å². The van der Waals surface area contributed by atoms with E-state index in [1.165, 1.54) is 43.9 Å². The second kappa shape index (κ2) is 10.1. The van der Waals surface area contributed by atoms with Crippen LogP contribution in [-0.2, 0) is 23.2 Å². The molecule has 2 atom stereocenters. The fourth-order valence-corrected chi connectivity index (χ4v) is 7.47. The van der Waals surface area contributed by atoms with Crippen LogP contribution in [0.15, 0.2) is 109 Å². The third-order valence-electron chi connectivity index (χ3n) is 9.30. The molecule has 0 radical (unpaired) electrons. The smallest absolute Gasteiger partial charge is 0.224 e. The number of nitrogens with zero attached hydrogens (tertiary/aromatic N) is 2. The molecule has 1 amide bonds. The van der Waals surface area contributed by atoms with Crippen LogP contribution < -0.4 is 4.90 Å². The summed E-state index contributed by atoms with van der Waals surface area (Å²) in [6, 6.07) is 39.6. The van der Waals surface area contributed by atoms with Crippen molar-refractivity contribution in [2.24, 2.45) is 0 Å². The molecule has 1 saturated heterocycles. The first-order chi connectivity index (χ1) is 19.7. The highest BCUT2D eigenvalue weighted by molar-refractivity contribution is 5.88. The highest BCUT2D eigenvalue weighted by atomic mass is 16.2. The van der Waals surface area contributed by atoms with Crippen LogP contribution in [0.4, 0.5) is 5.69 Å². The predicted octanol–water partition coefficient (Wildman–Crippen LogP) is 8.24. The van der Waals surface area contributed by atoms with E-state index in [-0.39, 0.29) is 11.6 Å². The van der Waals surface area contributed by atoms with E-state index in [1.54, 1.807) is 0 Å². The molecule has 2 aliphatic heterocycles. The van der Waals surface area contributed by atoms with Crippen molar-refractivity contribution in [3.05, 3.63) is 126 Å². The van der Waals surface area contributed by atoms with Gasteiger partial charge >= 0.3 is 0 Å². The Bertz CT molecular complexity index is 1700. The number of likely N-dealkylation sites (tertiary alicyclic amines) is 1. The molecule has 1 fully saturated rings. The number of para-hydroxylation sites is 1. The maximum Gasteiger partial charge on any atom is 0.224 e. The van der Waals surface area contributed by atoms with Crippen LogP contribution in [0.3, 0.4) is 0 Å². The van der Waals surface area contributed by atoms with Crippen molar-refractivity contribution in [3.63, 3.8) is 0 Å². The topological polar surface area (TPSA) is 23.6 Å². The number of hydrogen-bond acceptors (Lipinski definition) is 2. The Labute approximate surface area is 237 Å². The lowest BCUT2D eigenvalue weighted by molar-refractivity contribution is -0.132. The van der Waals surface area contributed by atoms with E-state index >= 15 is 0 Å². The second-order valence-corrected chi connectivity index (χ2v) is 11.6. The van der Waals surface area contributed by atoms with Gasteiger partial charge in [-0.2, -0.15) is 0 Å². The lowest BCUT2D eigenvalue weighted by Gasteiger charge is -2.39. The predicted molar refractivity (Wildman–Crippen MR) is 166 cm³/mol. The Morgan fingerprint density at radius 3 is 2.15 bits per heavy atom. The first-order valence-corrected chi connectivity index (χ1v) is 14.8. The van der Waals surface area contributed by atoms with E-state index in [9.17, 15) is 4.79 Å². The zero-order valence-electron chi connectivity index (χ0n) is 23.2. The average Bonchev–Trinajstić information content (AvgIpc) is 3.50. The largest absolute Gasteiger partial charge is 0.346 e. The molecule has 0 N–H and O–H groups in total. The molecule has 0 bridgehead atoms. The molecule has 2 aliphatic rings. The van der Waals surface area contributed by atoms with Crippen molar-refractivity contribution in [2.75, 3.05) is 11.4 Å². The highest BCUT2D eigenvalue weighted by Crippen LogP contribution is 2.55. The summed E-state index contributed by atoms with van der Waals surface area (Å²) in [4.78, 5) is 18.6. The van der Waals surface area contributed by atoms with Gasteiger partial charge in [0.15, 0.2) is 0 Å². The van der Waals surface area contributed by atoms with Gasteiger partial charge in [-0.25, -0.2) is 0 Å². The first-order valence-electron chi connectivity index (χ1n) is 14.8. The Balaban J connectivity index is 1.38. The van der Waals surface area contributed by atoms with E-state index in [4.69, 9.17) is 0 Å². The van der Waals surface area contributed by atoms with Crippen LogP contribution in [0.1, 0.15) is 49.3 Å². The fourth-order valence-electron chi connectivity index (χ4n) is 7.47. The van der Waals surface area contributed by atoms with E-state index in [0.29, 0.717) is 12.3 Å².